The van der Waals surface area contributed by atoms with Crippen LogP contribution in [0.5, 0.6) is 0 Å². The van der Waals surface area contributed by atoms with Crippen molar-refractivity contribution in [3.8, 4) is 0 Å². The number of phosphoric acid groups is 2. The molecule has 2 unspecified atom stereocenters. The summed E-state index contributed by atoms with van der Waals surface area (Å²) in [4.78, 5) is 68.6. The Balaban J connectivity index is 0.000000317. The number of aromatic nitrogens is 2. The van der Waals surface area contributed by atoms with Crippen LogP contribution in [-0.4, -0.2) is 118 Å². The molecule has 1 aromatic heterocycles. The van der Waals surface area contributed by atoms with Crippen molar-refractivity contribution in [1.29, 1.82) is 0 Å². The van der Waals surface area contributed by atoms with Crippen LogP contribution in [0.3, 0.4) is 0 Å². The van der Waals surface area contributed by atoms with Gasteiger partial charge in [0.1, 0.15) is 47.9 Å². The molecular weight excluding hydrogens is 638 g/mol. The number of phosphoric ester groups is 1. The number of nitrogens with one attached hydrogen (secondary N) is 2. The summed E-state index contributed by atoms with van der Waals surface area (Å²) >= 11 is 0. The van der Waals surface area contributed by atoms with Gasteiger partial charge in [0.2, 0.25) is 12.2 Å². The smallest absolute Gasteiger partial charge is 0.400 e. The van der Waals surface area contributed by atoms with Gasteiger partial charge in [0.25, 0.3) is 5.56 Å². The summed E-state index contributed by atoms with van der Waals surface area (Å²) in [6.07, 6.45) is -10.5. The van der Waals surface area contributed by atoms with E-state index in [1.165, 1.54) is 6.92 Å². The molecule has 1 amide bonds. The largest absolute Gasteiger partial charge is 0.481 e. The maximum Gasteiger partial charge on any atom is 0.481 e. The van der Waals surface area contributed by atoms with Crippen LogP contribution < -0.4 is 16.6 Å². The van der Waals surface area contributed by atoms with Crippen LogP contribution >= 0.6 is 15.6 Å². The molecule has 26 heteroatoms. The van der Waals surface area contributed by atoms with E-state index in [-0.39, 0.29) is 0 Å². The van der Waals surface area contributed by atoms with Gasteiger partial charge in [-0.25, -0.2) is 13.9 Å². The van der Waals surface area contributed by atoms with Gasteiger partial charge in [0.15, 0.2) is 6.23 Å². The second-order valence-corrected chi connectivity index (χ2v) is 11.4. The molecule has 244 valence electrons. The van der Waals surface area contributed by atoms with Crippen LogP contribution in [-0.2, 0) is 37.1 Å². The molecule has 2 saturated heterocycles. The van der Waals surface area contributed by atoms with Gasteiger partial charge in [-0.05, 0) is 5.53 Å². The average Bonchev–Trinajstić information content (AvgIpc) is 3.17. The zero-order valence-electron chi connectivity index (χ0n) is 21.6. The second-order valence-electron chi connectivity index (χ2n) is 8.61. The predicted molar refractivity (Wildman–Crippen MR) is 132 cm³/mol. The van der Waals surface area contributed by atoms with Gasteiger partial charge in [-0.3, -0.25) is 23.7 Å². The van der Waals surface area contributed by atoms with Gasteiger partial charge >= 0.3 is 21.3 Å². The van der Waals surface area contributed by atoms with Gasteiger partial charge in [0, 0.05) is 24.1 Å². The minimum absolute atomic E-state index is 0.494. The van der Waals surface area contributed by atoms with Crippen molar-refractivity contribution >= 4 is 21.6 Å². The van der Waals surface area contributed by atoms with Crippen molar-refractivity contribution in [1.82, 2.24) is 14.9 Å². The molecule has 2 fully saturated rings. The molecule has 24 nitrogen and oxygen atoms in total. The highest BCUT2D eigenvalue weighted by atomic mass is 31.3. The van der Waals surface area contributed by atoms with Crippen molar-refractivity contribution in [2.45, 2.75) is 62.1 Å². The van der Waals surface area contributed by atoms with Crippen molar-refractivity contribution in [3.63, 3.8) is 0 Å². The topological polar surface area (TPSA) is 375 Å². The first kappa shape index (κ1) is 36.4. The third kappa shape index (κ3) is 10.4. The SMILES string of the molecule is CC(=O)N[C@H]1C(ON=[N+]=[N-])O[C@H](CO)[C@@H](O)[C@@H]1O.O=c1ccn([C@@H]2O[C@H](COP(=O)(O)OP(=O)(O)O)[C@@H](O)[C@H]2O)c(=O)[nH]1. The predicted octanol–water partition coefficient (Wildman–Crippen LogP) is -4.45. The molecule has 0 aliphatic carbocycles. The minimum atomic E-state index is -5.32. The maximum absolute atomic E-state index is 11.7. The standard InChI is InChI=1S/C9H14N2O12P2.C8H14N4O6/c12-5-1-2-11(9(15)10-5)8-7(14)6(13)4(22-8)3-21-25(19,20)23-24(16,17)18;1-3(14)10-5-7(16)6(15)4(2-13)17-8(5)18-12-11-9/h1-2,4,6-8,13-14H,3H2,(H,19,20)(H,10,12,15)(H2,16,17,18);4-8,13,15-16H,2H2,1H3,(H,10,14)/t4-,6-,7-,8-;4-,5-,6-,7-,8?/m11/s1. The third-order valence-corrected chi connectivity index (χ3v) is 7.66. The van der Waals surface area contributed by atoms with Crippen molar-refractivity contribution in [2.75, 3.05) is 13.2 Å². The lowest BCUT2D eigenvalue weighted by atomic mass is 9.97. The Morgan fingerprint density at radius 1 is 1.12 bits per heavy atom. The van der Waals surface area contributed by atoms with Crippen molar-refractivity contribution < 1.29 is 77.3 Å². The van der Waals surface area contributed by atoms with Gasteiger partial charge < -0.3 is 59.8 Å². The summed E-state index contributed by atoms with van der Waals surface area (Å²) in [6, 6.07) is -0.158. The fraction of sp³-hybridized carbons (Fsp3) is 0.706. The van der Waals surface area contributed by atoms with E-state index in [0.717, 1.165) is 16.8 Å². The van der Waals surface area contributed by atoms with Crippen LogP contribution in [0.1, 0.15) is 13.2 Å². The summed E-state index contributed by atoms with van der Waals surface area (Å²) in [6.45, 7) is -0.274. The molecule has 0 aromatic carbocycles. The molecule has 3 heterocycles. The number of hydrogen-bond donors (Lipinski definition) is 10. The van der Waals surface area contributed by atoms with E-state index >= 15 is 0 Å². The minimum Gasteiger partial charge on any atom is -0.400 e. The lowest BCUT2D eigenvalue weighted by molar-refractivity contribution is -0.271. The zero-order valence-corrected chi connectivity index (χ0v) is 23.4. The van der Waals surface area contributed by atoms with Crippen LogP contribution in [0.2, 0.25) is 0 Å². The number of aromatic amines is 1. The first-order valence-corrected chi connectivity index (χ1v) is 14.6. The van der Waals surface area contributed by atoms with E-state index in [4.69, 9.17) is 34.8 Å². The van der Waals surface area contributed by atoms with E-state index in [1.54, 1.807) is 0 Å². The molecule has 0 spiro atoms. The highest BCUT2D eigenvalue weighted by Crippen LogP contribution is 2.57. The summed E-state index contributed by atoms with van der Waals surface area (Å²) in [5, 5.41) is 53.2. The van der Waals surface area contributed by atoms with Crippen LogP contribution in [0, 0.1) is 0 Å². The number of carbonyl (C=O) groups excluding carboxylic acids is 1. The van der Waals surface area contributed by atoms with Gasteiger partial charge in [0.05, 0.1) is 13.2 Å². The molecule has 1 aromatic rings. The first-order valence-electron chi connectivity index (χ1n) is 11.6. The molecule has 43 heavy (non-hydrogen) atoms. The summed E-state index contributed by atoms with van der Waals surface area (Å²) in [5.74, 6) is -0.494. The zero-order chi connectivity index (χ0) is 32.7. The van der Waals surface area contributed by atoms with Crippen LogP contribution in [0.4, 0.5) is 0 Å². The monoisotopic (exact) mass is 666 g/mol. The lowest BCUT2D eigenvalue weighted by Crippen LogP contribution is -2.64. The Kier molecular flexibility index (Phi) is 13.0. The molecular formula is C17H28N6O18P2. The van der Waals surface area contributed by atoms with Crippen molar-refractivity contribution in [3.05, 3.63) is 43.5 Å². The van der Waals surface area contributed by atoms with Gasteiger partial charge in [-0.15, -0.1) is 0 Å². The first-order chi connectivity index (χ1) is 19.9. The number of amides is 1. The molecule has 2 aliphatic heterocycles. The number of carbonyl (C=O) groups is 1. The Labute approximate surface area is 238 Å². The molecule has 0 radical (unpaired) electrons. The quantitative estimate of drug-likeness (QED) is 0.0370. The molecule has 0 saturated carbocycles. The third-order valence-electron chi connectivity index (χ3n) is 5.51. The number of ether oxygens (including phenoxy) is 2. The number of hydrogen-bond acceptors (Lipinski definition) is 16. The van der Waals surface area contributed by atoms with E-state index in [9.17, 15) is 43.9 Å². The second kappa shape index (κ2) is 15.3. The number of H-pyrrole nitrogens is 1. The highest BCUT2D eigenvalue weighted by Gasteiger charge is 2.47. The summed E-state index contributed by atoms with van der Waals surface area (Å²) in [5.41, 5.74) is 6.49. The number of rotatable bonds is 10. The number of aliphatic hydroxyl groups is 5. The number of nitrogens with zero attached hydrogens (tertiary/aromatic N) is 4. The molecule has 10 N–H and O–H groups in total. The molecule has 0 bridgehead atoms. The Morgan fingerprint density at radius 2 is 1.74 bits per heavy atom. The summed E-state index contributed by atoms with van der Waals surface area (Å²) in [7, 11) is -10.5. The van der Waals surface area contributed by atoms with E-state index in [1.807, 2.05) is 4.98 Å². The van der Waals surface area contributed by atoms with Crippen molar-refractivity contribution in [2.24, 2.45) is 5.28 Å². The average molecular weight is 666 g/mol. The fourth-order valence-corrected chi connectivity index (χ4v) is 5.28. The van der Waals surface area contributed by atoms with E-state index < -0.39 is 101 Å². The molecule has 2 aliphatic rings. The summed E-state index contributed by atoms with van der Waals surface area (Å²) < 4.78 is 40.7. The van der Waals surface area contributed by atoms with E-state index in [0.29, 0.717) is 0 Å². The van der Waals surface area contributed by atoms with E-state index in [2.05, 4.69) is 29.2 Å². The maximum atomic E-state index is 11.7. The number of aliphatic hydroxyl groups excluding tert-OH is 5. The lowest BCUT2D eigenvalue weighted by Gasteiger charge is -2.40. The van der Waals surface area contributed by atoms with Gasteiger partial charge in [-0.2, -0.15) is 4.31 Å². The Hall–Kier alpha value is -2.76. The van der Waals surface area contributed by atoms with Crippen LogP contribution in [0.25, 0.3) is 10.4 Å². The van der Waals surface area contributed by atoms with Gasteiger partial charge in [-0.1, -0.05) is 0 Å². The van der Waals surface area contributed by atoms with Crippen LogP contribution in [0.15, 0.2) is 27.1 Å². The fourth-order valence-electron chi connectivity index (χ4n) is 3.68. The normalized spacial score (nSPS) is 32.0. The Morgan fingerprint density at radius 3 is 2.28 bits per heavy atom. The highest BCUT2D eigenvalue weighted by molar-refractivity contribution is 7.60. The number of azide groups is 1. The molecule has 3 rings (SSSR count). The Bertz CT molecular complexity index is 1360. The molecule has 10 atom stereocenters.